The molecule has 4 rings (SSSR count). The molecule has 0 unspecified atom stereocenters. The second-order valence-corrected chi connectivity index (χ2v) is 8.15. The van der Waals surface area contributed by atoms with Crippen LogP contribution in [0.4, 0.5) is 11.5 Å². The number of rotatable bonds is 2. The Morgan fingerprint density at radius 2 is 1.86 bits per heavy atom. The lowest BCUT2D eigenvalue weighted by atomic mass is 9.69. The quantitative estimate of drug-likeness (QED) is 0.610. The first-order valence-corrected chi connectivity index (χ1v) is 9.05. The monoisotopic (exact) mass is 380 g/mol. The third-order valence-electron chi connectivity index (χ3n) is 5.28. The average molecular weight is 380 g/mol. The molecule has 0 saturated carbocycles. The van der Waals surface area contributed by atoms with Crippen molar-refractivity contribution in [3.8, 4) is 0 Å². The zero-order valence-electron chi connectivity index (χ0n) is 15.8. The van der Waals surface area contributed by atoms with Gasteiger partial charge in [0.05, 0.1) is 10.5 Å². The van der Waals surface area contributed by atoms with Crippen LogP contribution in [0.2, 0.25) is 0 Å². The van der Waals surface area contributed by atoms with Gasteiger partial charge in [-0.1, -0.05) is 26.0 Å². The molecule has 0 fully saturated rings. The largest absolute Gasteiger partial charge is 0.343 e. The number of carbonyl (C=O) groups is 1. The summed E-state index contributed by atoms with van der Waals surface area (Å²) in [7, 11) is 0. The number of benzene rings is 1. The van der Waals surface area contributed by atoms with Gasteiger partial charge in [-0.3, -0.25) is 19.7 Å². The molecule has 2 heterocycles. The van der Waals surface area contributed by atoms with Crippen LogP contribution in [0, 0.1) is 22.5 Å². The van der Waals surface area contributed by atoms with Crippen LogP contribution >= 0.6 is 0 Å². The fourth-order valence-electron chi connectivity index (χ4n) is 4.15. The van der Waals surface area contributed by atoms with Crippen LogP contribution in [-0.2, 0) is 4.79 Å². The maximum Gasteiger partial charge on any atom is 0.269 e. The Hall–Kier alpha value is -3.29. The summed E-state index contributed by atoms with van der Waals surface area (Å²) < 4.78 is 0. The average Bonchev–Trinajstić information content (AvgIpc) is 2.58. The summed E-state index contributed by atoms with van der Waals surface area (Å²) in [6.07, 6.45) is 1.04. The zero-order chi connectivity index (χ0) is 20.2. The van der Waals surface area contributed by atoms with E-state index in [0.29, 0.717) is 41.2 Å². The summed E-state index contributed by atoms with van der Waals surface area (Å²) in [4.78, 5) is 43.5. The van der Waals surface area contributed by atoms with Gasteiger partial charge in [0.2, 0.25) is 0 Å². The highest BCUT2D eigenvalue weighted by molar-refractivity contribution is 6.01. The van der Waals surface area contributed by atoms with Crippen LogP contribution in [0.3, 0.4) is 0 Å². The minimum Gasteiger partial charge on any atom is -0.343 e. The molecule has 0 spiro atoms. The molecule has 0 saturated heterocycles. The Morgan fingerprint density at radius 3 is 2.50 bits per heavy atom. The molecule has 0 bridgehead atoms. The molecule has 2 aromatic rings. The zero-order valence-corrected chi connectivity index (χ0v) is 15.8. The molecule has 144 valence electrons. The van der Waals surface area contributed by atoms with Gasteiger partial charge in [-0.2, -0.15) is 0 Å². The Balaban J connectivity index is 1.95. The molecule has 1 atom stereocenters. The summed E-state index contributed by atoms with van der Waals surface area (Å²) in [5.74, 6) is 0.290. The number of aromatic amines is 1. The molecule has 0 radical (unpaired) electrons. The molecule has 1 aromatic carbocycles. The van der Waals surface area contributed by atoms with Crippen LogP contribution in [0.25, 0.3) is 0 Å². The number of nitro groups is 1. The summed E-state index contributed by atoms with van der Waals surface area (Å²) in [6, 6.07) is 6.00. The molecular formula is C20H20N4O4. The van der Waals surface area contributed by atoms with Crippen molar-refractivity contribution in [2.75, 3.05) is 5.32 Å². The van der Waals surface area contributed by atoms with E-state index in [4.69, 9.17) is 0 Å². The Labute approximate surface area is 160 Å². The highest BCUT2D eigenvalue weighted by Crippen LogP contribution is 2.47. The highest BCUT2D eigenvalue weighted by atomic mass is 16.6. The number of nitrogens with zero attached hydrogens (tertiary/aromatic N) is 2. The fourth-order valence-corrected chi connectivity index (χ4v) is 4.15. The number of aromatic nitrogens is 2. The second kappa shape index (κ2) is 6.12. The summed E-state index contributed by atoms with van der Waals surface area (Å²) in [6.45, 7) is 5.76. The third-order valence-corrected chi connectivity index (χ3v) is 5.28. The number of nitro benzene ring substituents is 1. The molecule has 28 heavy (non-hydrogen) atoms. The summed E-state index contributed by atoms with van der Waals surface area (Å²) in [5, 5.41) is 14.2. The number of non-ortho nitro benzene ring substituents is 1. The van der Waals surface area contributed by atoms with Crippen LogP contribution in [0.5, 0.6) is 0 Å². The van der Waals surface area contributed by atoms with Crippen molar-refractivity contribution >= 4 is 17.3 Å². The van der Waals surface area contributed by atoms with Crippen molar-refractivity contribution in [3.05, 3.63) is 73.0 Å². The number of anilines is 1. The van der Waals surface area contributed by atoms with Crippen molar-refractivity contribution < 1.29 is 9.72 Å². The van der Waals surface area contributed by atoms with Crippen molar-refractivity contribution in [3.63, 3.8) is 0 Å². The molecular weight excluding hydrogens is 360 g/mol. The summed E-state index contributed by atoms with van der Waals surface area (Å²) in [5.41, 5.74) is 1.79. The number of hydrogen-bond donors (Lipinski definition) is 2. The van der Waals surface area contributed by atoms with Crippen molar-refractivity contribution in [1.82, 2.24) is 9.97 Å². The highest BCUT2D eigenvalue weighted by Gasteiger charge is 2.42. The van der Waals surface area contributed by atoms with E-state index in [1.54, 1.807) is 19.1 Å². The normalized spacial score (nSPS) is 20.2. The number of fused-ring (bicyclic) bond motifs is 1. The number of ketones is 1. The molecule has 8 nitrogen and oxygen atoms in total. The molecule has 8 heteroatoms. The second-order valence-electron chi connectivity index (χ2n) is 8.15. The molecule has 1 aromatic heterocycles. The van der Waals surface area contributed by atoms with Gasteiger partial charge in [-0.25, -0.2) is 4.98 Å². The van der Waals surface area contributed by atoms with Gasteiger partial charge >= 0.3 is 0 Å². The first-order chi connectivity index (χ1) is 13.2. The van der Waals surface area contributed by atoms with E-state index in [-0.39, 0.29) is 22.4 Å². The minimum atomic E-state index is -0.604. The third kappa shape index (κ3) is 2.90. The van der Waals surface area contributed by atoms with Gasteiger partial charge in [-0.05, 0) is 24.3 Å². The van der Waals surface area contributed by atoms with Crippen LogP contribution in [0.1, 0.15) is 49.6 Å². The molecule has 1 aliphatic heterocycles. The minimum absolute atomic E-state index is 0.0206. The van der Waals surface area contributed by atoms with Crippen molar-refractivity contribution in [1.29, 1.82) is 0 Å². The number of carbonyl (C=O) groups excluding carboxylic acids is 1. The number of aryl methyl sites for hydroxylation is 1. The van der Waals surface area contributed by atoms with Crippen LogP contribution in [-0.4, -0.2) is 20.7 Å². The number of nitrogens with one attached hydrogen (secondary N) is 2. The van der Waals surface area contributed by atoms with Gasteiger partial charge in [0.1, 0.15) is 11.6 Å². The van der Waals surface area contributed by atoms with E-state index < -0.39 is 10.8 Å². The van der Waals surface area contributed by atoms with E-state index in [1.165, 1.54) is 12.1 Å². The van der Waals surface area contributed by atoms with E-state index in [1.807, 2.05) is 13.8 Å². The van der Waals surface area contributed by atoms with Crippen molar-refractivity contribution in [2.24, 2.45) is 5.41 Å². The van der Waals surface area contributed by atoms with Gasteiger partial charge in [-0.15, -0.1) is 0 Å². The lowest BCUT2D eigenvalue weighted by Crippen LogP contribution is -2.37. The van der Waals surface area contributed by atoms with Crippen LogP contribution in [0.15, 0.2) is 40.3 Å². The molecule has 2 N–H and O–H groups in total. The SMILES string of the molecule is Cc1nc2c(c(=O)[nH]1)[C@@H](c1ccc([N+](=O)[O-])cc1)C1=C(CC(C)(C)CC1=O)N2. The molecule has 1 aliphatic carbocycles. The fraction of sp³-hybridized carbons (Fsp3) is 0.350. The maximum absolute atomic E-state index is 13.1. The van der Waals surface area contributed by atoms with E-state index >= 15 is 0 Å². The lowest BCUT2D eigenvalue weighted by Gasteiger charge is -2.38. The summed E-state index contributed by atoms with van der Waals surface area (Å²) >= 11 is 0. The first-order valence-electron chi connectivity index (χ1n) is 9.05. The van der Waals surface area contributed by atoms with E-state index in [2.05, 4.69) is 15.3 Å². The lowest BCUT2D eigenvalue weighted by molar-refractivity contribution is -0.384. The first kappa shape index (κ1) is 18.1. The van der Waals surface area contributed by atoms with E-state index in [9.17, 15) is 19.7 Å². The predicted molar refractivity (Wildman–Crippen MR) is 103 cm³/mol. The standard InChI is InChI=1S/C20H20N4O4/c1-10-21-18-17(19(26)22-10)15(11-4-6-12(7-5-11)24(27)28)16-13(23-18)8-20(2,3)9-14(16)25/h4-7,15H,8-9H2,1-3H3,(H2,21,22,23,26)/t15-/m0/s1. The van der Waals surface area contributed by atoms with Gasteiger partial charge in [0.15, 0.2) is 5.78 Å². The topological polar surface area (TPSA) is 118 Å². The predicted octanol–water partition coefficient (Wildman–Crippen LogP) is 3.19. The Kier molecular flexibility index (Phi) is 3.95. The smallest absolute Gasteiger partial charge is 0.269 e. The Morgan fingerprint density at radius 1 is 1.18 bits per heavy atom. The van der Waals surface area contributed by atoms with E-state index in [0.717, 1.165) is 5.70 Å². The van der Waals surface area contributed by atoms with Gasteiger partial charge in [0, 0.05) is 35.7 Å². The number of H-pyrrole nitrogens is 1. The van der Waals surface area contributed by atoms with Gasteiger partial charge in [0.25, 0.3) is 11.2 Å². The van der Waals surface area contributed by atoms with Crippen LogP contribution < -0.4 is 10.9 Å². The number of Topliss-reactive ketones (excluding diaryl/α,β-unsaturated/α-hetero) is 1. The van der Waals surface area contributed by atoms with Gasteiger partial charge < -0.3 is 10.3 Å². The Bertz CT molecular complexity index is 1100. The number of hydrogen-bond acceptors (Lipinski definition) is 6. The van der Waals surface area contributed by atoms with Crippen molar-refractivity contribution in [2.45, 2.75) is 39.5 Å². The number of allylic oxidation sites excluding steroid dienone is 2. The molecule has 0 amide bonds. The molecule has 2 aliphatic rings. The maximum atomic E-state index is 13.1.